The van der Waals surface area contributed by atoms with Crippen LogP contribution in [0.5, 0.6) is 0 Å². The number of rotatable bonds is 3. The first-order valence-corrected chi connectivity index (χ1v) is 9.39. The van der Waals surface area contributed by atoms with Crippen molar-refractivity contribution in [3.05, 3.63) is 51.6 Å². The molecule has 4 rings (SSSR count). The molecule has 0 saturated carbocycles. The fourth-order valence-corrected chi connectivity index (χ4v) is 4.37. The van der Waals surface area contributed by atoms with E-state index >= 15 is 0 Å². The fourth-order valence-electron chi connectivity index (χ4n) is 3.38. The molecule has 2 aromatic heterocycles. The van der Waals surface area contributed by atoms with Crippen molar-refractivity contribution in [2.75, 3.05) is 13.1 Å². The van der Waals surface area contributed by atoms with Gasteiger partial charge in [0.2, 0.25) is 5.91 Å². The summed E-state index contributed by atoms with van der Waals surface area (Å²) in [5.74, 6) is 0.689. The molecule has 1 amide bonds. The van der Waals surface area contributed by atoms with Gasteiger partial charge in [0.15, 0.2) is 0 Å². The van der Waals surface area contributed by atoms with Gasteiger partial charge in [-0.2, -0.15) is 0 Å². The van der Waals surface area contributed by atoms with Gasteiger partial charge in [0, 0.05) is 52.7 Å². The number of carbonyl (C=O) groups excluding carboxylic acids is 1. The number of likely N-dealkylation sites (tertiary alicyclic amines) is 1. The maximum atomic E-state index is 12.7. The average Bonchev–Trinajstić information content (AvgIpc) is 3.25. The molecule has 1 fully saturated rings. The lowest BCUT2D eigenvalue weighted by atomic mass is 9.97. The van der Waals surface area contributed by atoms with Gasteiger partial charge in [0.05, 0.1) is 11.4 Å². The van der Waals surface area contributed by atoms with Crippen LogP contribution in [0.1, 0.15) is 29.3 Å². The maximum Gasteiger partial charge on any atom is 0.227 e. The van der Waals surface area contributed by atoms with E-state index in [1.54, 1.807) is 11.3 Å². The van der Waals surface area contributed by atoms with Crippen LogP contribution in [0.15, 0.2) is 36.0 Å². The number of benzene rings is 1. The quantitative estimate of drug-likeness (QED) is 0.760. The summed E-state index contributed by atoms with van der Waals surface area (Å²) in [7, 11) is 0. The summed E-state index contributed by atoms with van der Waals surface area (Å²) in [5, 5.41) is 4.96. The Bertz CT molecular complexity index is 850. The van der Waals surface area contributed by atoms with E-state index < -0.39 is 0 Å². The minimum atomic E-state index is 0.188. The lowest BCUT2D eigenvalue weighted by Crippen LogP contribution is -2.38. The first-order valence-electron chi connectivity index (χ1n) is 8.13. The zero-order valence-electron chi connectivity index (χ0n) is 13.2. The first-order chi connectivity index (χ1) is 11.7. The van der Waals surface area contributed by atoms with Crippen molar-refractivity contribution in [2.45, 2.75) is 25.2 Å². The van der Waals surface area contributed by atoms with Crippen molar-refractivity contribution in [1.29, 1.82) is 0 Å². The smallest absolute Gasteiger partial charge is 0.227 e. The van der Waals surface area contributed by atoms with Crippen LogP contribution in [-0.2, 0) is 11.2 Å². The van der Waals surface area contributed by atoms with E-state index in [1.165, 1.54) is 5.01 Å². The Morgan fingerprint density at radius 3 is 2.96 bits per heavy atom. The predicted octanol–water partition coefficient (Wildman–Crippen LogP) is 4.23. The molecule has 1 saturated heterocycles. The van der Waals surface area contributed by atoms with Crippen LogP contribution in [0.25, 0.3) is 10.9 Å². The summed E-state index contributed by atoms with van der Waals surface area (Å²) >= 11 is 7.80. The Labute approximate surface area is 149 Å². The summed E-state index contributed by atoms with van der Waals surface area (Å²) in [5.41, 5.74) is 2.03. The molecule has 1 aliphatic heterocycles. The normalized spacial score (nSPS) is 16.0. The lowest BCUT2D eigenvalue weighted by Gasteiger charge is -2.31. The molecule has 124 valence electrons. The Hall–Kier alpha value is -1.85. The number of hydrogen-bond donors (Lipinski definition) is 1. The second-order valence-corrected chi connectivity index (χ2v) is 7.57. The van der Waals surface area contributed by atoms with Crippen LogP contribution in [0.4, 0.5) is 0 Å². The van der Waals surface area contributed by atoms with Crippen LogP contribution < -0.4 is 0 Å². The molecule has 0 atom stereocenters. The molecule has 1 aliphatic rings. The van der Waals surface area contributed by atoms with Gasteiger partial charge in [-0.05, 0) is 36.6 Å². The zero-order valence-corrected chi connectivity index (χ0v) is 14.7. The van der Waals surface area contributed by atoms with Crippen molar-refractivity contribution < 1.29 is 4.79 Å². The number of nitrogens with one attached hydrogen (secondary N) is 1. The van der Waals surface area contributed by atoms with Crippen molar-refractivity contribution >= 4 is 39.7 Å². The molecule has 0 unspecified atom stereocenters. The molecule has 0 radical (unpaired) electrons. The van der Waals surface area contributed by atoms with E-state index in [9.17, 15) is 4.79 Å². The van der Waals surface area contributed by atoms with Crippen LogP contribution in [0.2, 0.25) is 5.02 Å². The van der Waals surface area contributed by atoms with Gasteiger partial charge < -0.3 is 9.88 Å². The van der Waals surface area contributed by atoms with Crippen molar-refractivity contribution in [3.63, 3.8) is 0 Å². The van der Waals surface area contributed by atoms with Crippen molar-refractivity contribution in [2.24, 2.45) is 0 Å². The van der Waals surface area contributed by atoms with Gasteiger partial charge in [0.25, 0.3) is 0 Å². The summed E-state index contributed by atoms with van der Waals surface area (Å²) in [6.45, 7) is 1.62. The number of aromatic amines is 1. The third-order valence-corrected chi connectivity index (χ3v) is 5.89. The Morgan fingerprint density at radius 2 is 2.21 bits per heavy atom. The molecular formula is C18H18ClN3OS. The first kappa shape index (κ1) is 15.7. The Morgan fingerprint density at radius 1 is 1.38 bits per heavy atom. The van der Waals surface area contributed by atoms with Crippen LogP contribution in [-0.4, -0.2) is 33.9 Å². The highest BCUT2D eigenvalue weighted by atomic mass is 35.5. The van der Waals surface area contributed by atoms with Crippen molar-refractivity contribution in [3.8, 4) is 0 Å². The number of hydrogen-bond acceptors (Lipinski definition) is 3. The number of aromatic nitrogens is 2. The van der Waals surface area contributed by atoms with Crippen molar-refractivity contribution in [1.82, 2.24) is 14.9 Å². The monoisotopic (exact) mass is 359 g/mol. The molecule has 0 spiro atoms. The highest BCUT2D eigenvalue weighted by molar-refractivity contribution is 7.09. The third kappa shape index (κ3) is 3.06. The standard InChI is InChI=1S/C18H18ClN3OS/c19-14-1-2-16-15(10-14)13(11-21-16)9-17(23)22-6-3-12(4-7-22)18-20-5-8-24-18/h1-2,5,8,10-12,21H,3-4,6-7,9H2. The number of carbonyl (C=O) groups is 1. The largest absolute Gasteiger partial charge is 0.361 e. The summed E-state index contributed by atoms with van der Waals surface area (Å²) in [4.78, 5) is 22.3. The number of fused-ring (bicyclic) bond motifs is 1. The van der Waals surface area contributed by atoms with Crippen LogP contribution in [0.3, 0.4) is 0 Å². The van der Waals surface area contributed by atoms with Gasteiger partial charge in [-0.15, -0.1) is 11.3 Å². The second-order valence-electron chi connectivity index (χ2n) is 6.21. The summed E-state index contributed by atoms with van der Waals surface area (Å²) < 4.78 is 0. The molecule has 3 heterocycles. The predicted molar refractivity (Wildman–Crippen MR) is 97.7 cm³/mol. The number of thiazole rings is 1. The SMILES string of the molecule is O=C(Cc1c[nH]c2ccc(Cl)cc12)N1CCC(c2nccs2)CC1. The summed E-state index contributed by atoms with van der Waals surface area (Å²) in [6.07, 6.45) is 6.20. The average molecular weight is 360 g/mol. The highest BCUT2D eigenvalue weighted by Gasteiger charge is 2.25. The Kier molecular flexibility index (Phi) is 4.29. The lowest BCUT2D eigenvalue weighted by molar-refractivity contribution is -0.131. The highest BCUT2D eigenvalue weighted by Crippen LogP contribution is 2.30. The minimum absolute atomic E-state index is 0.188. The molecular weight excluding hydrogens is 342 g/mol. The second kappa shape index (κ2) is 6.57. The van der Waals surface area contributed by atoms with Crippen LogP contribution in [0, 0.1) is 0 Å². The topological polar surface area (TPSA) is 49.0 Å². The zero-order chi connectivity index (χ0) is 16.5. The Balaban J connectivity index is 1.42. The van der Waals surface area contributed by atoms with Gasteiger partial charge in [-0.25, -0.2) is 4.98 Å². The number of amides is 1. The van der Waals surface area contributed by atoms with E-state index in [0.29, 0.717) is 17.4 Å². The molecule has 0 bridgehead atoms. The fraction of sp³-hybridized carbons (Fsp3) is 0.333. The molecule has 24 heavy (non-hydrogen) atoms. The molecule has 0 aliphatic carbocycles. The number of halogens is 1. The van der Waals surface area contributed by atoms with Crippen LogP contribution >= 0.6 is 22.9 Å². The maximum absolute atomic E-state index is 12.7. The molecule has 1 aromatic carbocycles. The number of piperidine rings is 1. The van der Waals surface area contributed by atoms with Gasteiger partial charge >= 0.3 is 0 Å². The van der Waals surface area contributed by atoms with Gasteiger partial charge in [0.1, 0.15) is 0 Å². The van der Waals surface area contributed by atoms with E-state index in [2.05, 4.69) is 9.97 Å². The molecule has 6 heteroatoms. The summed E-state index contributed by atoms with van der Waals surface area (Å²) in [6, 6.07) is 5.73. The number of H-pyrrole nitrogens is 1. The van der Waals surface area contributed by atoms with Gasteiger partial charge in [-0.1, -0.05) is 11.6 Å². The number of nitrogens with zero attached hydrogens (tertiary/aromatic N) is 2. The van der Waals surface area contributed by atoms with E-state index in [1.807, 2.05) is 40.9 Å². The molecule has 4 nitrogen and oxygen atoms in total. The third-order valence-electron chi connectivity index (χ3n) is 4.72. The van der Waals surface area contributed by atoms with E-state index in [-0.39, 0.29) is 5.91 Å². The van der Waals surface area contributed by atoms with E-state index in [4.69, 9.17) is 11.6 Å². The van der Waals surface area contributed by atoms with Gasteiger partial charge in [-0.3, -0.25) is 4.79 Å². The molecule has 3 aromatic rings. The molecule has 1 N–H and O–H groups in total. The minimum Gasteiger partial charge on any atom is -0.361 e. The van der Waals surface area contributed by atoms with E-state index in [0.717, 1.165) is 42.4 Å².